The van der Waals surface area contributed by atoms with Crippen LogP contribution in [-0.2, 0) is 0 Å². The second-order valence-corrected chi connectivity index (χ2v) is 4.41. The number of hydrogen-bond donors (Lipinski definition) is 2. The quantitative estimate of drug-likeness (QED) is 0.786. The highest BCUT2D eigenvalue weighted by atomic mass is 16.5. The van der Waals surface area contributed by atoms with Crippen LogP contribution in [0.25, 0.3) is 0 Å². The lowest BCUT2D eigenvalue weighted by Crippen LogP contribution is -2.32. The zero-order valence-corrected chi connectivity index (χ0v) is 10.0. The fourth-order valence-electron chi connectivity index (χ4n) is 2.19. The van der Waals surface area contributed by atoms with Gasteiger partial charge in [-0.25, -0.2) is 0 Å². The molecule has 4 nitrogen and oxygen atoms in total. The Labute approximate surface area is 101 Å². The molecule has 0 heterocycles. The Kier molecular flexibility index (Phi) is 3.52. The summed E-state index contributed by atoms with van der Waals surface area (Å²) >= 11 is 0. The van der Waals surface area contributed by atoms with Crippen molar-refractivity contribution in [2.24, 2.45) is 0 Å². The van der Waals surface area contributed by atoms with Gasteiger partial charge in [0, 0.05) is 11.6 Å². The fourth-order valence-corrected chi connectivity index (χ4v) is 2.19. The van der Waals surface area contributed by atoms with Crippen molar-refractivity contribution in [2.75, 3.05) is 12.8 Å². The van der Waals surface area contributed by atoms with Crippen LogP contribution in [0.2, 0.25) is 0 Å². The molecular weight excluding hydrogens is 216 g/mol. The molecule has 0 aromatic heterocycles. The number of anilines is 1. The van der Waals surface area contributed by atoms with Gasteiger partial charge >= 0.3 is 0 Å². The van der Waals surface area contributed by atoms with Gasteiger partial charge in [-0.15, -0.1) is 0 Å². The summed E-state index contributed by atoms with van der Waals surface area (Å²) in [6.45, 7) is 0. The number of nitrogens with two attached hydrogens (primary N) is 1. The van der Waals surface area contributed by atoms with Gasteiger partial charge in [0.2, 0.25) is 0 Å². The maximum atomic E-state index is 12.0. The summed E-state index contributed by atoms with van der Waals surface area (Å²) in [7, 11) is 1.55. The lowest BCUT2D eigenvalue weighted by molar-refractivity contribution is 0.0937. The molecule has 1 aromatic rings. The predicted molar refractivity (Wildman–Crippen MR) is 67.1 cm³/mol. The molecule has 3 N–H and O–H groups in total. The van der Waals surface area contributed by atoms with E-state index in [2.05, 4.69) is 5.32 Å². The zero-order chi connectivity index (χ0) is 12.3. The average molecular weight is 234 g/mol. The van der Waals surface area contributed by atoms with Gasteiger partial charge in [0.25, 0.3) is 5.91 Å². The van der Waals surface area contributed by atoms with Crippen LogP contribution >= 0.6 is 0 Å². The van der Waals surface area contributed by atoms with Crippen LogP contribution in [0.3, 0.4) is 0 Å². The summed E-state index contributed by atoms with van der Waals surface area (Å²) in [5.41, 5.74) is 6.85. The van der Waals surface area contributed by atoms with Crippen LogP contribution in [0, 0.1) is 0 Å². The third-order valence-electron chi connectivity index (χ3n) is 3.19. The van der Waals surface area contributed by atoms with Crippen molar-refractivity contribution >= 4 is 11.6 Å². The Morgan fingerprint density at radius 1 is 1.41 bits per heavy atom. The van der Waals surface area contributed by atoms with Gasteiger partial charge in [-0.2, -0.15) is 0 Å². The summed E-state index contributed by atoms with van der Waals surface area (Å²) in [5, 5.41) is 3.03. The molecular formula is C13H18N2O2. The second kappa shape index (κ2) is 5.08. The van der Waals surface area contributed by atoms with E-state index in [0.29, 0.717) is 23.0 Å². The first-order valence-corrected chi connectivity index (χ1v) is 5.95. The normalized spacial score (nSPS) is 15.8. The molecule has 0 spiro atoms. The number of hydrogen-bond acceptors (Lipinski definition) is 3. The SMILES string of the molecule is COc1cc(C(=O)NC2CCCC2)ccc1N. The molecule has 92 valence electrons. The van der Waals surface area contributed by atoms with Crippen LogP contribution < -0.4 is 15.8 Å². The molecule has 0 bridgehead atoms. The molecule has 1 amide bonds. The largest absolute Gasteiger partial charge is 0.495 e. The number of nitrogens with one attached hydrogen (secondary N) is 1. The van der Waals surface area contributed by atoms with Gasteiger partial charge in [-0.1, -0.05) is 12.8 Å². The monoisotopic (exact) mass is 234 g/mol. The Bertz CT molecular complexity index is 412. The van der Waals surface area contributed by atoms with E-state index in [-0.39, 0.29) is 5.91 Å². The van der Waals surface area contributed by atoms with E-state index in [1.807, 2.05) is 0 Å². The van der Waals surface area contributed by atoms with E-state index < -0.39 is 0 Å². The minimum Gasteiger partial charge on any atom is -0.495 e. The summed E-state index contributed by atoms with van der Waals surface area (Å²) in [5.74, 6) is 0.499. The van der Waals surface area contributed by atoms with Gasteiger partial charge in [0.1, 0.15) is 5.75 Å². The number of rotatable bonds is 3. The van der Waals surface area contributed by atoms with E-state index in [4.69, 9.17) is 10.5 Å². The lowest BCUT2D eigenvalue weighted by atomic mass is 10.1. The van der Waals surface area contributed by atoms with Gasteiger partial charge in [-0.3, -0.25) is 4.79 Å². The summed E-state index contributed by atoms with van der Waals surface area (Å²) in [6.07, 6.45) is 4.57. The van der Waals surface area contributed by atoms with E-state index in [9.17, 15) is 4.79 Å². The highest BCUT2D eigenvalue weighted by molar-refractivity contribution is 5.95. The first-order valence-electron chi connectivity index (χ1n) is 5.95. The zero-order valence-electron chi connectivity index (χ0n) is 10.0. The van der Waals surface area contributed by atoms with E-state index in [0.717, 1.165) is 12.8 Å². The van der Waals surface area contributed by atoms with E-state index in [1.54, 1.807) is 25.3 Å². The molecule has 1 aliphatic carbocycles. The Hall–Kier alpha value is -1.71. The van der Waals surface area contributed by atoms with Crippen molar-refractivity contribution in [3.63, 3.8) is 0 Å². The average Bonchev–Trinajstić information content (AvgIpc) is 2.82. The summed E-state index contributed by atoms with van der Waals surface area (Å²) in [4.78, 5) is 12.0. The Morgan fingerprint density at radius 2 is 2.12 bits per heavy atom. The standard InChI is InChI=1S/C13H18N2O2/c1-17-12-8-9(6-7-11(12)14)13(16)15-10-4-2-3-5-10/h6-8,10H,2-5,14H2,1H3,(H,15,16). The van der Waals surface area contributed by atoms with Crippen molar-refractivity contribution in [3.8, 4) is 5.75 Å². The molecule has 0 saturated heterocycles. The number of carbonyl (C=O) groups excluding carboxylic acids is 1. The van der Waals surface area contributed by atoms with Crippen LogP contribution in [0.4, 0.5) is 5.69 Å². The van der Waals surface area contributed by atoms with Crippen molar-refractivity contribution in [1.82, 2.24) is 5.32 Å². The highest BCUT2D eigenvalue weighted by Crippen LogP contribution is 2.23. The minimum atomic E-state index is -0.0461. The summed E-state index contributed by atoms with van der Waals surface area (Å²) < 4.78 is 5.10. The van der Waals surface area contributed by atoms with Gasteiger partial charge < -0.3 is 15.8 Å². The van der Waals surface area contributed by atoms with Gasteiger partial charge in [0.15, 0.2) is 0 Å². The lowest BCUT2D eigenvalue weighted by Gasteiger charge is -2.13. The Balaban J connectivity index is 2.07. The topological polar surface area (TPSA) is 64.3 Å². The van der Waals surface area contributed by atoms with Crippen molar-refractivity contribution in [1.29, 1.82) is 0 Å². The molecule has 1 saturated carbocycles. The highest BCUT2D eigenvalue weighted by Gasteiger charge is 2.18. The minimum absolute atomic E-state index is 0.0461. The van der Waals surface area contributed by atoms with E-state index >= 15 is 0 Å². The van der Waals surface area contributed by atoms with Crippen molar-refractivity contribution in [2.45, 2.75) is 31.7 Å². The molecule has 4 heteroatoms. The molecule has 1 aliphatic rings. The van der Waals surface area contributed by atoms with Crippen LogP contribution in [0.15, 0.2) is 18.2 Å². The van der Waals surface area contributed by atoms with Crippen LogP contribution in [0.5, 0.6) is 5.75 Å². The third-order valence-corrected chi connectivity index (χ3v) is 3.19. The Morgan fingerprint density at radius 3 is 2.76 bits per heavy atom. The first-order chi connectivity index (χ1) is 8.20. The van der Waals surface area contributed by atoms with Crippen LogP contribution in [-0.4, -0.2) is 19.1 Å². The molecule has 1 fully saturated rings. The van der Waals surface area contributed by atoms with E-state index in [1.165, 1.54) is 12.8 Å². The predicted octanol–water partition coefficient (Wildman–Crippen LogP) is 1.95. The van der Waals surface area contributed by atoms with Crippen LogP contribution in [0.1, 0.15) is 36.0 Å². The first kappa shape index (κ1) is 11.8. The molecule has 1 aromatic carbocycles. The number of ether oxygens (including phenoxy) is 1. The van der Waals surface area contributed by atoms with Crippen molar-refractivity contribution < 1.29 is 9.53 Å². The second-order valence-electron chi connectivity index (χ2n) is 4.41. The molecule has 0 radical (unpaired) electrons. The molecule has 2 rings (SSSR count). The molecule has 0 unspecified atom stereocenters. The maximum Gasteiger partial charge on any atom is 0.251 e. The number of benzene rings is 1. The van der Waals surface area contributed by atoms with Gasteiger partial charge in [-0.05, 0) is 31.0 Å². The fraction of sp³-hybridized carbons (Fsp3) is 0.462. The molecule has 0 aliphatic heterocycles. The number of amides is 1. The number of methoxy groups -OCH3 is 1. The number of carbonyl (C=O) groups is 1. The van der Waals surface area contributed by atoms with Gasteiger partial charge in [0.05, 0.1) is 12.8 Å². The molecule has 17 heavy (non-hydrogen) atoms. The smallest absolute Gasteiger partial charge is 0.251 e. The third kappa shape index (κ3) is 2.70. The number of nitrogen functional groups attached to an aromatic ring is 1. The van der Waals surface area contributed by atoms with Crippen molar-refractivity contribution in [3.05, 3.63) is 23.8 Å². The maximum absolute atomic E-state index is 12.0. The molecule has 0 atom stereocenters. The summed E-state index contributed by atoms with van der Waals surface area (Å²) in [6, 6.07) is 5.43.